The standard InChI is InChI=1S/C18H18O3/c1-20-18-10-4-6-15(12-18)13-21-14-17-8-3-2-7-16(17)9-5-11-19/h2-4,6-8,10,12,19H,11,13-14H2,1H3. The maximum atomic E-state index is 8.78. The Hall–Kier alpha value is -2.28. The molecular weight excluding hydrogens is 264 g/mol. The van der Waals surface area contributed by atoms with Gasteiger partial charge in [0.05, 0.1) is 20.3 Å². The third-order valence-electron chi connectivity index (χ3n) is 2.98. The van der Waals surface area contributed by atoms with Crippen molar-refractivity contribution in [3.05, 3.63) is 65.2 Å². The Morgan fingerprint density at radius 3 is 2.71 bits per heavy atom. The molecule has 1 N–H and O–H groups in total. The maximum absolute atomic E-state index is 8.78. The van der Waals surface area contributed by atoms with Crippen LogP contribution in [-0.4, -0.2) is 18.8 Å². The van der Waals surface area contributed by atoms with Crippen LogP contribution in [0.2, 0.25) is 0 Å². The summed E-state index contributed by atoms with van der Waals surface area (Å²) in [7, 11) is 1.65. The van der Waals surface area contributed by atoms with E-state index in [-0.39, 0.29) is 6.61 Å². The molecular formula is C18H18O3. The molecule has 0 aliphatic carbocycles. The summed E-state index contributed by atoms with van der Waals surface area (Å²) in [4.78, 5) is 0. The fraction of sp³-hybridized carbons (Fsp3) is 0.222. The van der Waals surface area contributed by atoms with E-state index in [0.29, 0.717) is 13.2 Å². The van der Waals surface area contributed by atoms with Crippen LogP contribution in [0.25, 0.3) is 0 Å². The van der Waals surface area contributed by atoms with E-state index in [1.165, 1.54) is 0 Å². The molecule has 0 radical (unpaired) electrons. The molecule has 3 nitrogen and oxygen atoms in total. The number of hydrogen-bond acceptors (Lipinski definition) is 3. The SMILES string of the molecule is COc1cccc(COCc2ccccc2C#CCO)c1. The molecule has 0 amide bonds. The average Bonchev–Trinajstić information content (AvgIpc) is 2.54. The van der Waals surface area contributed by atoms with E-state index in [4.69, 9.17) is 14.6 Å². The molecule has 0 atom stereocenters. The lowest BCUT2D eigenvalue weighted by Crippen LogP contribution is -1.97. The number of benzene rings is 2. The minimum Gasteiger partial charge on any atom is -0.497 e. The highest BCUT2D eigenvalue weighted by molar-refractivity contribution is 5.41. The van der Waals surface area contributed by atoms with Gasteiger partial charge in [0.25, 0.3) is 0 Å². The van der Waals surface area contributed by atoms with Crippen LogP contribution in [0, 0.1) is 11.8 Å². The van der Waals surface area contributed by atoms with Gasteiger partial charge >= 0.3 is 0 Å². The summed E-state index contributed by atoms with van der Waals surface area (Å²) < 4.78 is 10.9. The van der Waals surface area contributed by atoms with E-state index in [2.05, 4.69) is 11.8 Å². The molecule has 0 heterocycles. The van der Waals surface area contributed by atoms with Crippen LogP contribution in [0.1, 0.15) is 16.7 Å². The molecule has 0 aliphatic heterocycles. The molecule has 21 heavy (non-hydrogen) atoms. The van der Waals surface area contributed by atoms with Crippen LogP contribution in [0.3, 0.4) is 0 Å². The zero-order valence-corrected chi connectivity index (χ0v) is 12.0. The predicted molar refractivity (Wildman–Crippen MR) is 81.9 cm³/mol. The van der Waals surface area contributed by atoms with E-state index >= 15 is 0 Å². The van der Waals surface area contributed by atoms with E-state index in [9.17, 15) is 0 Å². The number of methoxy groups -OCH3 is 1. The summed E-state index contributed by atoms with van der Waals surface area (Å²) in [5.74, 6) is 6.42. The summed E-state index contributed by atoms with van der Waals surface area (Å²) in [5.41, 5.74) is 2.96. The maximum Gasteiger partial charge on any atom is 0.119 e. The minimum atomic E-state index is -0.140. The number of aliphatic hydroxyl groups is 1. The second-order valence-corrected chi connectivity index (χ2v) is 4.46. The van der Waals surface area contributed by atoms with Crippen LogP contribution < -0.4 is 4.74 Å². The monoisotopic (exact) mass is 282 g/mol. The molecule has 108 valence electrons. The van der Waals surface area contributed by atoms with E-state index in [1.807, 2.05) is 48.5 Å². The Balaban J connectivity index is 1.97. The van der Waals surface area contributed by atoms with Crippen LogP contribution in [0.4, 0.5) is 0 Å². The van der Waals surface area contributed by atoms with Gasteiger partial charge in [-0.05, 0) is 29.3 Å². The third kappa shape index (κ3) is 4.64. The summed E-state index contributed by atoms with van der Waals surface area (Å²) in [6.45, 7) is 0.853. The third-order valence-corrected chi connectivity index (χ3v) is 2.98. The van der Waals surface area contributed by atoms with Gasteiger partial charge in [-0.1, -0.05) is 42.2 Å². The second-order valence-electron chi connectivity index (χ2n) is 4.46. The van der Waals surface area contributed by atoms with Gasteiger partial charge in [0, 0.05) is 5.56 Å². The van der Waals surface area contributed by atoms with Crippen molar-refractivity contribution in [2.45, 2.75) is 13.2 Å². The number of hydrogen-bond donors (Lipinski definition) is 1. The second kappa shape index (κ2) is 8.11. The van der Waals surface area contributed by atoms with Crippen molar-refractivity contribution in [1.29, 1.82) is 0 Å². The Morgan fingerprint density at radius 1 is 1.05 bits per heavy atom. The van der Waals surface area contributed by atoms with Crippen molar-refractivity contribution in [1.82, 2.24) is 0 Å². The fourth-order valence-electron chi connectivity index (χ4n) is 1.94. The largest absolute Gasteiger partial charge is 0.497 e. The average molecular weight is 282 g/mol. The van der Waals surface area contributed by atoms with Crippen LogP contribution >= 0.6 is 0 Å². The smallest absolute Gasteiger partial charge is 0.119 e. The summed E-state index contributed by atoms with van der Waals surface area (Å²) in [5, 5.41) is 8.78. The van der Waals surface area contributed by atoms with E-state index in [1.54, 1.807) is 7.11 Å². The molecule has 2 aromatic rings. The molecule has 0 unspecified atom stereocenters. The highest BCUT2D eigenvalue weighted by atomic mass is 16.5. The van der Waals surface area contributed by atoms with Gasteiger partial charge in [0.15, 0.2) is 0 Å². The highest BCUT2D eigenvalue weighted by Gasteiger charge is 2.01. The van der Waals surface area contributed by atoms with Gasteiger partial charge in [0.2, 0.25) is 0 Å². The van der Waals surface area contributed by atoms with Gasteiger partial charge in [-0.25, -0.2) is 0 Å². The van der Waals surface area contributed by atoms with Crippen LogP contribution in [0.5, 0.6) is 5.75 Å². The summed E-state index contributed by atoms with van der Waals surface area (Å²) in [6, 6.07) is 15.6. The topological polar surface area (TPSA) is 38.7 Å². The molecule has 2 aromatic carbocycles. The first-order valence-electron chi connectivity index (χ1n) is 6.72. The van der Waals surface area contributed by atoms with E-state index < -0.39 is 0 Å². The zero-order valence-electron chi connectivity index (χ0n) is 12.0. The first kappa shape index (κ1) is 15.1. The van der Waals surface area contributed by atoms with E-state index in [0.717, 1.165) is 22.4 Å². The Bertz CT molecular complexity index is 638. The van der Waals surface area contributed by atoms with Crippen molar-refractivity contribution in [2.24, 2.45) is 0 Å². The molecule has 3 heteroatoms. The van der Waals surface area contributed by atoms with Gasteiger partial charge in [-0.15, -0.1) is 0 Å². The molecule has 0 saturated heterocycles. The van der Waals surface area contributed by atoms with Crippen molar-refractivity contribution >= 4 is 0 Å². The molecule has 0 aromatic heterocycles. The zero-order chi connectivity index (χ0) is 14.9. The molecule has 0 aliphatic rings. The first-order valence-corrected chi connectivity index (χ1v) is 6.72. The van der Waals surface area contributed by atoms with Gasteiger partial charge in [-0.2, -0.15) is 0 Å². The van der Waals surface area contributed by atoms with Gasteiger partial charge in [0.1, 0.15) is 12.4 Å². The number of aliphatic hydroxyl groups excluding tert-OH is 1. The quantitative estimate of drug-likeness (QED) is 0.857. The van der Waals surface area contributed by atoms with Crippen molar-refractivity contribution in [3.63, 3.8) is 0 Å². The first-order chi connectivity index (χ1) is 10.3. The lowest BCUT2D eigenvalue weighted by Gasteiger charge is -2.08. The van der Waals surface area contributed by atoms with Crippen molar-refractivity contribution in [3.8, 4) is 17.6 Å². The molecule has 2 rings (SSSR count). The summed E-state index contributed by atoms with van der Waals surface area (Å²) >= 11 is 0. The number of ether oxygens (including phenoxy) is 2. The molecule has 0 saturated carbocycles. The Morgan fingerprint density at radius 2 is 1.90 bits per heavy atom. The Kier molecular flexibility index (Phi) is 5.83. The fourth-order valence-corrected chi connectivity index (χ4v) is 1.94. The summed E-state index contributed by atoms with van der Waals surface area (Å²) in [6.07, 6.45) is 0. The number of rotatable bonds is 5. The minimum absolute atomic E-state index is 0.140. The van der Waals surface area contributed by atoms with Crippen LogP contribution in [-0.2, 0) is 18.0 Å². The van der Waals surface area contributed by atoms with Crippen molar-refractivity contribution < 1.29 is 14.6 Å². The van der Waals surface area contributed by atoms with Gasteiger partial charge in [-0.3, -0.25) is 0 Å². The van der Waals surface area contributed by atoms with Crippen molar-refractivity contribution in [2.75, 3.05) is 13.7 Å². The Labute approximate surface area is 125 Å². The molecule has 0 spiro atoms. The lowest BCUT2D eigenvalue weighted by atomic mass is 10.1. The lowest BCUT2D eigenvalue weighted by molar-refractivity contribution is 0.107. The van der Waals surface area contributed by atoms with Crippen LogP contribution in [0.15, 0.2) is 48.5 Å². The normalized spacial score (nSPS) is 9.81. The van der Waals surface area contributed by atoms with Gasteiger partial charge < -0.3 is 14.6 Å². The highest BCUT2D eigenvalue weighted by Crippen LogP contribution is 2.15. The molecule has 0 fully saturated rings. The predicted octanol–water partition coefficient (Wildman–Crippen LogP) is 2.76. The molecule has 0 bridgehead atoms.